The lowest BCUT2D eigenvalue weighted by atomic mass is 10.0. The Bertz CT molecular complexity index is 763. The molecule has 0 radical (unpaired) electrons. The minimum atomic E-state index is -0.275. The highest BCUT2D eigenvalue weighted by molar-refractivity contribution is 5.81. The zero-order valence-electron chi connectivity index (χ0n) is 12.2. The fourth-order valence-electron chi connectivity index (χ4n) is 2.65. The van der Waals surface area contributed by atoms with Crippen LogP contribution < -0.4 is 5.32 Å². The molecule has 0 fully saturated rings. The highest BCUT2D eigenvalue weighted by atomic mass is 19.1. The normalized spacial score (nSPS) is 12.7. The second-order valence-corrected chi connectivity index (χ2v) is 5.15. The number of rotatable bonds is 4. The molecular weight excluding hydrogens is 265 g/mol. The number of furan rings is 1. The number of hydrogen-bond acceptors (Lipinski definition) is 2. The van der Waals surface area contributed by atoms with Crippen molar-refractivity contribution in [1.82, 2.24) is 5.32 Å². The molecule has 1 atom stereocenters. The maximum absolute atomic E-state index is 14.1. The molecule has 1 heterocycles. The third-order valence-electron chi connectivity index (χ3n) is 3.67. The van der Waals surface area contributed by atoms with E-state index in [0.717, 1.165) is 28.8 Å². The lowest BCUT2D eigenvalue weighted by Crippen LogP contribution is -2.22. The van der Waals surface area contributed by atoms with E-state index in [0.29, 0.717) is 5.56 Å². The van der Waals surface area contributed by atoms with E-state index in [1.54, 1.807) is 12.1 Å². The predicted octanol–water partition coefficient (Wildman–Crippen LogP) is 4.58. The Kier molecular flexibility index (Phi) is 3.76. The van der Waals surface area contributed by atoms with E-state index in [4.69, 9.17) is 4.42 Å². The van der Waals surface area contributed by atoms with E-state index in [1.165, 1.54) is 6.07 Å². The summed E-state index contributed by atoms with van der Waals surface area (Å²) in [6.45, 7) is 4.75. The smallest absolute Gasteiger partial charge is 0.137 e. The number of fused-ring (bicyclic) bond motifs is 1. The fraction of sp³-hybridized carbons (Fsp3) is 0.222. The first-order valence-corrected chi connectivity index (χ1v) is 7.17. The van der Waals surface area contributed by atoms with Gasteiger partial charge in [0.05, 0.1) is 6.04 Å². The maximum atomic E-state index is 14.1. The van der Waals surface area contributed by atoms with Crippen molar-refractivity contribution in [3.63, 3.8) is 0 Å². The van der Waals surface area contributed by atoms with Crippen LogP contribution in [0.4, 0.5) is 4.39 Å². The number of nitrogens with one attached hydrogen (secondary N) is 1. The first-order valence-electron chi connectivity index (χ1n) is 7.17. The van der Waals surface area contributed by atoms with Gasteiger partial charge in [0, 0.05) is 10.9 Å². The third-order valence-corrected chi connectivity index (χ3v) is 3.67. The molecule has 0 spiro atoms. The van der Waals surface area contributed by atoms with Gasteiger partial charge in [-0.25, -0.2) is 4.39 Å². The molecular formula is C18H18FNO. The molecule has 3 aromatic rings. The molecule has 3 heteroatoms. The second-order valence-electron chi connectivity index (χ2n) is 5.15. The number of aryl methyl sites for hydroxylation is 1. The van der Waals surface area contributed by atoms with E-state index in [1.807, 2.05) is 44.2 Å². The van der Waals surface area contributed by atoms with Gasteiger partial charge in [-0.2, -0.15) is 0 Å². The van der Waals surface area contributed by atoms with Gasteiger partial charge < -0.3 is 9.73 Å². The largest absolute Gasteiger partial charge is 0.459 e. The Morgan fingerprint density at radius 3 is 2.67 bits per heavy atom. The van der Waals surface area contributed by atoms with Gasteiger partial charge in [-0.15, -0.1) is 0 Å². The first-order chi connectivity index (χ1) is 10.2. The average molecular weight is 283 g/mol. The standard InChI is InChI=1S/C18H18FNO/c1-3-20-17(14-9-4-5-10-15(14)19)16-11-13-8-6-7-12(2)18(13)21-16/h4-11,17,20H,3H2,1-2H3. The van der Waals surface area contributed by atoms with Gasteiger partial charge >= 0.3 is 0 Å². The SMILES string of the molecule is CCNC(c1cc2cccc(C)c2o1)c1ccccc1F. The minimum absolute atomic E-state index is 0.222. The third kappa shape index (κ3) is 2.57. The molecule has 2 nitrogen and oxygen atoms in total. The van der Waals surface area contributed by atoms with Crippen molar-refractivity contribution in [3.8, 4) is 0 Å². The lowest BCUT2D eigenvalue weighted by molar-refractivity contribution is 0.462. The molecule has 0 aliphatic rings. The van der Waals surface area contributed by atoms with Crippen LogP contribution in [0.2, 0.25) is 0 Å². The molecule has 1 N–H and O–H groups in total. The highest BCUT2D eigenvalue weighted by Gasteiger charge is 2.20. The summed E-state index contributed by atoms with van der Waals surface area (Å²) in [5, 5.41) is 4.35. The zero-order chi connectivity index (χ0) is 14.8. The molecule has 0 saturated carbocycles. The van der Waals surface area contributed by atoms with Gasteiger partial charge in [-0.05, 0) is 31.2 Å². The minimum Gasteiger partial charge on any atom is -0.459 e. The zero-order valence-corrected chi connectivity index (χ0v) is 12.2. The number of hydrogen-bond donors (Lipinski definition) is 1. The van der Waals surface area contributed by atoms with Gasteiger partial charge in [0.1, 0.15) is 17.2 Å². The monoisotopic (exact) mass is 283 g/mol. The summed E-state index contributed by atoms with van der Waals surface area (Å²) in [5.41, 5.74) is 2.56. The first kappa shape index (κ1) is 13.8. The quantitative estimate of drug-likeness (QED) is 0.758. The number of halogens is 1. The molecule has 0 bridgehead atoms. The molecule has 3 rings (SSSR count). The number of benzene rings is 2. The van der Waals surface area contributed by atoms with Crippen molar-refractivity contribution >= 4 is 11.0 Å². The van der Waals surface area contributed by atoms with Gasteiger partial charge in [0.25, 0.3) is 0 Å². The topological polar surface area (TPSA) is 25.2 Å². The molecule has 2 aromatic carbocycles. The van der Waals surface area contributed by atoms with E-state index >= 15 is 0 Å². The van der Waals surface area contributed by atoms with E-state index in [-0.39, 0.29) is 11.9 Å². The van der Waals surface area contributed by atoms with Crippen molar-refractivity contribution in [1.29, 1.82) is 0 Å². The summed E-state index contributed by atoms with van der Waals surface area (Å²) in [6, 6.07) is 14.6. The van der Waals surface area contributed by atoms with Crippen LogP contribution in [-0.2, 0) is 0 Å². The summed E-state index contributed by atoms with van der Waals surface area (Å²) >= 11 is 0. The molecule has 108 valence electrons. The van der Waals surface area contributed by atoms with Crippen molar-refractivity contribution in [2.75, 3.05) is 6.54 Å². The Morgan fingerprint density at radius 1 is 1.14 bits per heavy atom. The summed E-state index contributed by atoms with van der Waals surface area (Å²) in [4.78, 5) is 0. The van der Waals surface area contributed by atoms with Crippen LogP contribution in [0.25, 0.3) is 11.0 Å². The van der Waals surface area contributed by atoms with Crippen LogP contribution in [0.5, 0.6) is 0 Å². The summed E-state index contributed by atoms with van der Waals surface area (Å²) in [6.07, 6.45) is 0. The summed E-state index contributed by atoms with van der Waals surface area (Å²) in [7, 11) is 0. The lowest BCUT2D eigenvalue weighted by Gasteiger charge is -2.16. The van der Waals surface area contributed by atoms with Gasteiger partial charge in [-0.3, -0.25) is 0 Å². The Morgan fingerprint density at radius 2 is 1.95 bits per heavy atom. The molecule has 21 heavy (non-hydrogen) atoms. The summed E-state index contributed by atoms with van der Waals surface area (Å²) < 4.78 is 20.1. The van der Waals surface area contributed by atoms with Crippen molar-refractivity contribution in [2.24, 2.45) is 0 Å². The maximum Gasteiger partial charge on any atom is 0.137 e. The molecule has 1 aromatic heterocycles. The Labute approximate surface area is 123 Å². The van der Waals surface area contributed by atoms with Crippen LogP contribution in [0, 0.1) is 12.7 Å². The molecule has 0 amide bonds. The van der Waals surface area contributed by atoms with Gasteiger partial charge in [0.2, 0.25) is 0 Å². The van der Waals surface area contributed by atoms with Gasteiger partial charge in [-0.1, -0.05) is 43.3 Å². The van der Waals surface area contributed by atoms with Crippen molar-refractivity contribution in [3.05, 3.63) is 71.2 Å². The fourth-order valence-corrected chi connectivity index (χ4v) is 2.65. The van der Waals surface area contributed by atoms with Gasteiger partial charge in [0.15, 0.2) is 0 Å². The van der Waals surface area contributed by atoms with E-state index < -0.39 is 0 Å². The van der Waals surface area contributed by atoms with Crippen molar-refractivity contribution < 1.29 is 8.81 Å². The van der Waals surface area contributed by atoms with Crippen LogP contribution in [0.3, 0.4) is 0 Å². The molecule has 1 unspecified atom stereocenters. The second kappa shape index (κ2) is 5.70. The Hall–Kier alpha value is -2.13. The predicted molar refractivity (Wildman–Crippen MR) is 82.9 cm³/mol. The Balaban J connectivity index is 2.11. The highest BCUT2D eigenvalue weighted by Crippen LogP contribution is 2.30. The summed E-state index contributed by atoms with van der Waals surface area (Å²) in [5.74, 6) is 0.520. The van der Waals surface area contributed by atoms with Crippen molar-refractivity contribution in [2.45, 2.75) is 19.9 Å². The van der Waals surface area contributed by atoms with E-state index in [9.17, 15) is 4.39 Å². The average Bonchev–Trinajstić information content (AvgIpc) is 2.91. The van der Waals surface area contributed by atoms with E-state index in [2.05, 4.69) is 5.32 Å². The number of para-hydroxylation sites is 1. The van der Waals surface area contributed by atoms with Crippen LogP contribution in [-0.4, -0.2) is 6.54 Å². The molecule has 0 aliphatic heterocycles. The van der Waals surface area contributed by atoms with Crippen LogP contribution in [0.1, 0.15) is 29.9 Å². The van der Waals surface area contributed by atoms with Crippen LogP contribution >= 0.6 is 0 Å². The molecule has 0 aliphatic carbocycles. The molecule has 0 saturated heterocycles. The van der Waals surface area contributed by atoms with Crippen LogP contribution in [0.15, 0.2) is 52.9 Å².